The molecule has 2 N–H and O–H groups in total. The van der Waals surface area contributed by atoms with Crippen molar-refractivity contribution < 1.29 is 19.1 Å². The second kappa shape index (κ2) is 7.19. The largest absolute Gasteiger partial charge is 0.480 e. The predicted octanol–water partition coefficient (Wildman–Crippen LogP) is 2.65. The van der Waals surface area contributed by atoms with Crippen LogP contribution in [0.3, 0.4) is 0 Å². The zero-order valence-electron chi connectivity index (χ0n) is 13.2. The molecule has 1 aromatic rings. The van der Waals surface area contributed by atoms with Gasteiger partial charge in [0.1, 0.15) is 5.82 Å². The molecule has 2 aliphatic rings. The number of hydrogen-bond donors (Lipinski definition) is 2. The van der Waals surface area contributed by atoms with Gasteiger partial charge in [-0.1, -0.05) is 0 Å². The molecule has 0 heterocycles. The van der Waals surface area contributed by atoms with Crippen LogP contribution in [0.15, 0.2) is 22.7 Å². The third-order valence-electron chi connectivity index (χ3n) is 4.67. The smallest absolute Gasteiger partial charge is 0.317 e. The molecule has 3 rings (SSSR count). The number of amides is 1. The molecule has 0 bridgehead atoms. The molecule has 130 valence electrons. The summed E-state index contributed by atoms with van der Waals surface area (Å²) in [6.45, 7) is 0.884. The molecule has 0 unspecified atom stereocenters. The maximum atomic E-state index is 13.5. The first-order valence-corrected chi connectivity index (χ1v) is 8.93. The van der Waals surface area contributed by atoms with Gasteiger partial charge in [-0.2, -0.15) is 0 Å². The summed E-state index contributed by atoms with van der Waals surface area (Å²) >= 11 is 3.06. The predicted molar refractivity (Wildman–Crippen MR) is 90.3 cm³/mol. The van der Waals surface area contributed by atoms with Crippen molar-refractivity contribution in [1.29, 1.82) is 0 Å². The van der Waals surface area contributed by atoms with Crippen LogP contribution in [0.4, 0.5) is 4.39 Å². The van der Waals surface area contributed by atoms with Crippen molar-refractivity contribution in [1.82, 2.24) is 10.2 Å². The maximum absolute atomic E-state index is 13.5. The summed E-state index contributed by atoms with van der Waals surface area (Å²) < 4.78 is 13.8. The summed E-state index contributed by atoms with van der Waals surface area (Å²) in [6, 6.07) is 4.51. The van der Waals surface area contributed by atoms with E-state index >= 15 is 0 Å². The monoisotopic (exact) mass is 398 g/mol. The number of nitrogens with one attached hydrogen (secondary N) is 1. The molecule has 0 spiro atoms. The molecule has 2 fully saturated rings. The van der Waals surface area contributed by atoms with Gasteiger partial charge in [0.25, 0.3) is 5.91 Å². The zero-order chi connectivity index (χ0) is 17.3. The van der Waals surface area contributed by atoms with Gasteiger partial charge in [-0.3, -0.25) is 14.5 Å². The van der Waals surface area contributed by atoms with Crippen LogP contribution in [0.2, 0.25) is 0 Å². The molecule has 7 heteroatoms. The minimum Gasteiger partial charge on any atom is -0.480 e. The van der Waals surface area contributed by atoms with Gasteiger partial charge in [-0.15, -0.1) is 0 Å². The quantitative estimate of drug-likeness (QED) is 0.740. The number of hydrogen-bond acceptors (Lipinski definition) is 3. The van der Waals surface area contributed by atoms with E-state index in [-0.39, 0.29) is 24.5 Å². The van der Waals surface area contributed by atoms with Crippen LogP contribution in [0.1, 0.15) is 36.0 Å². The summed E-state index contributed by atoms with van der Waals surface area (Å²) in [5.41, 5.74) is 0.291. The van der Waals surface area contributed by atoms with E-state index in [0.717, 1.165) is 19.4 Å². The van der Waals surface area contributed by atoms with Crippen LogP contribution in [-0.4, -0.2) is 47.1 Å². The Morgan fingerprint density at radius 3 is 2.62 bits per heavy atom. The Bertz CT molecular complexity index is 645. The van der Waals surface area contributed by atoms with Gasteiger partial charge < -0.3 is 10.4 Å². The Balaban J connectivity index is 1.50. The molecule has 1 aromatic carbocycles. The molecule has 2 aliphatic carbocycles. The third kappa shape index (κ3) is 4.33. The van der Waals surface area contributed by atoms with Gasteiger partial charge >= 0.3 is 5.97 Å². The SMILES string of the molecule is O=C(O)CN(CC1CC1)C1CC(NC(=O)c2ccc(Br)c(F)c2)C1. The number of halogens is 2. The number of carboxylic acids is 1. The highest BCUT2D eigenvalue weighted by Crippen LogP contribution is 2.33. The van der Waals surface area contributed by atoms with Crippen LogP contribution < -0.4 is 5.32 Å². The van der Waals surface area contributed by atoms with Crippen LogP contribution in [0.25, 0.3) is 0 Å². The highest BCUT2D eigenvalue weighted by molar-refractivity contribution is 9.10. The molecule has 5 nitrogen and oxygen atoms in total. The first-order valence-electron chi connectivity index (χ1n) is 8.14. The Morgan fingerprint density at radius 1 is 1.33 bits per heavy atom. The highest BCUT2D eigenvalue weighted by Gasteiger charge is 2.37. The fourth-order valence-corrected chi connectivity index (χ4v) is 3.31. The lowest BCUT2D eigenvalue weighted by Crippen LogP contribution is -2.55. The van der Waals surface area contributed by atoms with Crippen LogP contribution in [-0.2, 0) is 4.79 Å². The highest BCUT2D eigenvalue weighted by atomic mass is 79.9. The summed E-state index contributed by atoms with van der Waals surface area (Å²) in [5, 5.41) is 11.9. The Morgan fingerprint density at radius 2 is 2.04 bits per heavy atom. The molecular weight excluding hydrogens is 379 g/mol. The molecule has 1 amide bonds. The van der Waals surface area contributed by atoms with Gasteiger partial charge in [-0.25, -0.2) is 4.39 Å². The van der Waals surface area contributed by atoms with Crippen LogP contribution in [0, 0.1) is 11.7 Å². The van der Waals surface area contributed by atoms with E-state index in [9.17, 15) is 14.0 Å². The van der Waals surface area contributed by atoms with E-state index in [0.29, 0.717) is 16.0 Å². The first-order chi connectivity index (χ1) is 11.4. The minimum atomic E-state index is -0.812. The van der Waals surface area contributed by atoms with Gasteiger partial charge in [0.15, 0.2) is 0 Å². The summed E-state index contributed by atoms with van der Waals surface area (Å²) in [5.74, 6) is -0.944. The average molecular weight is 399 g/mol. The van der Waals surface area contributed by atoms with Crippen molar-refractivity contribution in [3.8, 4) is 0 Å². The molecule has 0 atom stereocenters. The number of rotatable bonds is 7. The van der Waals surface area contributed by atoms with E-state index in [4.69, 9.17) is 5.11 Å². The standard InChI is InChI=1S/C17H20BrFN2O3/c18-14-4-3-11(5-15(14)19)17(24)20-12-6-13(7-12)21(9-16(22)23)8-10-1-2-10/h3-5,10,12-13H,1-2,6-9H2,(H,20,24)(H,22,23). The van der Waals surface area contributed by atoms with Gasteiger partial charge in [0.2, 0.25) is 0 Å². The molecule has 0 saturated heterocycles. The number of benzene rings is 1. The Hall–Kier alpha value is -1.47. The van der Waals surface area contributed by atoms with E-state index in [1.165, 1.54) is 25.0 Å². The molecule has 0 aromatic heterocycles. The number of carbonyl (C=O) groups is 2. The van der Waals surface area contributed by atoms with E-state index in [1.807, 2.05) is 4.90 Å². The first kappa shape index (κ1) is 17.4. The normalized spacial score (nSPS) is 23.0. The molecule has 0 radical (unpaired) electrons. The summed E-state index contributed by atoms with van der Waals surface area (Å²) in [4.78, 5) is 25.2. The lowest BCUT2D eigenvalue weighted by Gasteiger charge is -2.42. The van der Waals surface area contributed by atoms with Crippen molar-refractivity contribution in [3.05, 3.63) is 34.1 Å². The molecule has 0 aliphatic heterocycles. The second-order valence-electron chi connectivity index (χ2n) is 6.69. The third-order valence-corrected chi connectivity index (χ3v) is 5.32. The van der Waals surface area contributed by atoms with Crippen molar-refractivity contribution >= 4 is 27.8 Å². The fourth-order valence-electron chi connectivity index (χ4n) is 3.06. The van der Waals surface area contributed by atoms with Crippen molar-refractivity contribution in [2.45, 2.75) is 37.8 Å². The second-order valence-corrected chi connectivity index (χ2v) is 7.55. The molecule has 24 heavy (non-hydrogen) atoms. The number of aliphatic carboxylic acids is 1. The number of nitrogens with zero attached hydrogens (tertiary/aromatic N) is 1. The molecule has 2 saturated carbocycles. The van der Waals surface area contributed by atoms with Crippen LogP contribution >= 0.6 is 15.9 Å². The summed E-state index contributed by atoms with van der Waals surface area (Å²) in [6.07, 6.45) is 3.84. The topological polar surface area (TPSA) is 69.6 Å². The number of carbonyl (C=O) groups excluding carboxylic acids is 1. The lowest BCUT2D eigenvalue weighted by atomic mass is 9.85. The minimum absolute atomic E-state index is 0.0182. The summed E-state index contributed by atoms with van der Waals surface area (Å²) in [7, 11) is 0. The van der Waals surface area contributed by atoms with E-state index in [2.05, 4.69) is 21.2 Å². The fraction of sp³-hybridized carbons (Fsp3) is 0.529. The molecular formula is C17H20BrFN2O3. The Labute approximate surface area is 148 Å². The van der Waals surface area contributed by atoms with E-state index < -0.39 is 11.8 Å². The van der Waals surface area contributed by atoms with Crippen molar-refractivity contribution in [3.63, 3.8) is 0 Å². The number of carboxylic acid groups (broad SMARTS) is 1. The van der Waals surface area contributed by atoms with Gasteiger partial charge in [0.05, 0.1) is 11.0 Å². The van der Waals surface area contributed by atoms with Crippen LogP contribution in [0.5, 0.6) is 0 Å². The Kier molecular flexibility index (Phi) is 5.20. The van der Waals surface area contributed by atoms with Crippen molar-refractivity contribution in [2.75, 3.05) is 13.1 Å². The average Bonchev–Trinajstić information content (AvgIpc) is 3.28. The van der Waals surface area contributed by atoms with Gasteiger partial charge in [-0.05, 0) is 65.7 Å². The zero-order valence-corrected chi connectivity index (χ0v) is 14.8. The van der Waals surface area contributed by atoms with Gasteiger partial charge in [0, 0.05) is 24.2 Å². The van der Waals surface area contributed by atoms with E-state index in [1.54, 1.807) is 6.07 Å². The lowest BCUT2D eigenvalue weighted by molar-refractivity contribution is -0.139. The van der Waals surface area contributed by atoms with Crippen molar-refractivity contribution in [2.24, 2.45) is 5.92 Å². The maximum Gasteiger partial charge on any atom is 0.317 e.